The van der Waals surface area contributed by atoms with Gasteiger partial charge in [0.2, 0.25) is 0 Å². The number of nitrogens with zero attached hydrogens (tertiary/aromatic N) is 1. The predicted molar refractivity (Wildman–Crippen MR) is 70.8 cm³/mol. The Morgan fingerprint density at radius 2 is 1.76 bits per heavy atom. The summed E-state index contributed by atoms with van der Waals surface area (Å²) < 4.78 is 0. The van der Waals surface area contributed by atoms with Gasteiger partial charge < -0.3 is 11.1 Å². The smallest absolute Gasteiger partial charge is 0.0637 e. The summed E-state index contributed by atoms with van der Waals surface area (Å²) in [5.74, 6) is 0. The molecule has 0 bridgehead atoms. The van der Waals surface area contributed by atoms with Gasteiger partial charge in [0, 0.05) is 24.6 Å². The molecule has 1 atom stereocenters. The normalized spacial score (nSPS) is 12.1. The highest BCUT2D eigenvalue weighted by Gasteiger charge is 2.08. The monoisotopic (exact) mass is 227 g/mol. The van der Waals surface area contributed by atoms with Crippen LogP contribution in [-0.4, -0.2) is 11.5 Å². The fourth-order valence-electron chi connectivity index (χ4n) is 1.73. The van der Waals surface area contributed by atoms with Crippen molar-refractivity contribution in [3.8, 4) is 0 Å². The Balaban J connectivity index is 2.13. The van der Waals surface area contributed by atoms with Crippen molar-refractivity contribution in [3.63, 3.8) is 0 Å². The van der Waals surface area contributed by atoms with Crippen LogP contribution in [0.3, 0.4) is 0 Å². The Kier molecular flexibility index (Phi) is 3.73. The molecular formula is C14H17N3. The second-order valence-corrected chi connectivity index (χ2v) is 4.08. The Morgan fingerprint density at radius 1 is 1.12 bits per heavy atom. The van der Waals surface area contributed by atoms with Gasteiger partial charge in [0.15, 0.2) is 0 Å². The molecule has 2 aromatic rings. The van der Waals surface area contributed by atoms with Gasteiger partial charge in [-0.3, -0.25) is 4.98 Å². The molecule has 1 aromatic carbocycles. The van der Waals surface area contributed by atoms with E-state index < -0.39 is 0 Å². The van der Waals surface area contributed by atoms with E-state index >= 15 is 0 Å². The molecular weight excluding hydrogens is 210 g/mol. The number of benzene rings is 1. The third kappa shape index (κ3) is 3.04. The van der Waals surface area contributed by atoms with E-state index in [1.807, 2.05) is 12.1 Å². The molecule has 88 valence electrons. The number of hydrogen-bond acceptors (Lipinski definition) is 3. The molecule has 0 saturated heterocycles. The van der Waals surface area contributed by atoms with Crippen molar-refractivity contribution < 1.29 is 0 Å². The fraction of sp³-hybridized carbons (Fsp3) is 0.214. The molecule has 0 aliphatic rings. The Labute approximate surface area is 102 Å². The summed E-state index contributed by atoms with van der Waals surface area (Å²) in [5, 5.41) is 3.42. The zero-order chi connectivity index (χ0) is 12.1. The number of rotatable bonds is 4. The first-order valence-corrected chi connectivity index (χ1v) is 5.73. The number of hydrogen-bond donors (Lipinski definition) is 2. The molecule has 0 saturated carbocycles. The highest BCUT2D eigenvalue weighted by atomic mass is 14.9. The van der Waals surface area contributed by atoms with Gasteiger partial charge in [-0.25, -0.2) is 0 Å². The number of pyridine rings is 1. The van der Waals surface area contributed by atoms with E-state index in [2.05, 4.69) is 41.5 Å². The van der Waals surface area contributed by atoms with Crippen LogP contribution in [0.15, 0.2) is 48.8 Å². The lowest BCUT2D eigenvalue weighted by Gasteiger charge is -2.18. The van der Waals surface area contributed by atoms with Crippen LogP contribution >= 0.6 is 0 Å². The van der Waals surface area contributed by atoms with Crippen LogP contribution in [0.4, 0.5) is 5.69 Å². The first kappa shape index (κ1) is 11.6. The highest BCUT2D eigenvalue weighted by molar-refractivity contribution is 5.46. The molecule has 0 amide bonds. The zero-order valence-corrected chi connectivity index (χ0v) is 9.93. The lowest BCUT2D eigenvalue weighted by atomic mass is 10.1. The third-order valence-corrected chi connectivity index (χ3v) is 2.74. The number of aryl methyl sites for hydroxylation is 1. The van der Waals surface area contributed by atoms with Gasteiger partial charge in [-0.05, 0) is 36.8 Å². The van der Waals surface area contributed by atoms with Crippen molar-refractivity contribution in [2.75, 3.05) is 11.9 Å². The number of nitrogens with one attached hydrogen (secondary N) is 1. The first-order chi connectivity index (χ1) is 8.29. The van der Waals surface area contributed by atoms with Crippen molar-refractivity contribution in [1.82, 2.24) is 4.98 Å². The van der Waals surface area contributed by atoms with E-state index in [-0.39, 0.29) is 6.04 Å². The second-order valence-electron chi connectivity index (χ2n) is 4.08. The Hall–Kier alpha value is -1.87. The van der Waals surface area contributed by atoms with Gasteiger partial charge in [-0.2, -0.15) is 0 Å². The first-order valence-electron chi connectivity index (χ1n) is 5.73. The van der Waals surface area contributed by atoms with Gasteiger partial charge in [0.25, 0.3) is 0 Å². The molecule has 3 N–H and O–H groups in total. The molecule has 0 radical (unpaired) electrons. The quantitative estimate of drug-likeness (QED) is 0.843. The molecule has 1 heterocycles. The molecule has 17 heavy (non-hydrogen) atoms. The summed E-state index contributed by atoms with van der Waals surface area (Å²) in [6.07, 6.45) is 3.57. The largest absolute Gasteiger partial charge is 0.377 e. The summed E-state index contributed by atoms with van der Waals surface area (Å²) in [4.78, 5) is 4.01. The SMILES string of the molecule is Cc1ccc(NC(CN)c2ccncc2)cc1. The third-order valence-electron chi connectivity index (χ3n) is 2.74. The van der Waals surface area contributed by atoms with E-state index in [0.717, 1.165) is 11.3 Å². The minimum Gasteiger partial charge on any atom is -0.377 e. The van der Waals surface area contributed by atoms with Crippen molar-refractivity contribution in [2.45, 2.75) is 13.0 Å². The van der Waals surface area contributed by atoms with Gasteiger partial charge >= 0.3 is 0 Å². The topological polar surface area (TPSA) is 50.9 Å². The van der Waals surface area contributed by atoms with Crippen LogP contribution in [-0.2, 0) is 0 Å². The highest BCUT2D eigenvalue weighted by Crippen LogP contribution is 2.18. The van der Waals surface area contributed by atoms with Crippen LogP contribution in [0.1, 0.15) is 17.2 Å². The van der Waals surface area contributed by atoms with Crippen LogP contribution in [0, 0.1) is 6.92 Å². The maximum Gasteiger partial charge on any atom is 0.0637 e. The summed E-state index contributed by atoms with van der Waals surface area (Å²) in [6, 6.07) is 12.4. The molecule has 0 spiro atoms. The molecule has 2 rings (SSSR count). The minimum absolute atomic E-state index is 0.126. The second kappa shape index (κ2) is 5.46. The lowest BCUT2D eigenvalue weighted by molar-refractivity contribution is 0.788. The number of anilines is 1. The van der Waals surface area contributed by atoms with Crippen molar-refractivity contribution in [2.24, 2.45) is 5.73 Å². The van der Waals surface area contributed by atoms with Crippen LogP contribution in [0.2, 0.25) is 0 Å². The van der Waals surface area contributed by atoms with E-state index in [1.165, 1.54) is 5.56 Å². The predicted octanol–water partition coefficient (Wildman–Crippen LogP) is 2.50. The minimum atomic E-state index is 0.126. The Morgan fingerprint density at radius 3 is 2.35 bits per heavy atom. The van der Waals surface area contributed by atoms with Crippen molar-refractivity contribution in [1.29, 1.82) is 0 Å². The molecule has 0 aliphatic carbocycles. The maximum absolute atomic E-state index is 5.80. The summed E-state index contributed by atoms with van der Waals surface area (Å²) in [7, 11) is 0. The number of nitrogens with two attached hydrogens (primary N) is 1. The van der Waals surface area contributed by atoms with E-state index in [0.29, 0.717) is 6.54 Å². The molecule has 3 nitrogen and oxygen atoms in total. The summed E-state index contributed by atoms with van der Waals surface area (Å²) >= 11 is 0. The molecule has 0 aliphatic heterocycles. The van der Waals surface area contributed by atoms with E-state index in [4.69, 9.17) is 5.73 Å². The van der Waals surface area contributed by atoms with Crippen molar-refractivity contribution >= 4 is 5.69 Å². The van der Waals surface area contributed by atoms with Crippen LogP contribution in [0.25, 0.3) is 0 Å². The van der Waals surface area contributed by atoms with Gasteiger partial charge in [-0.15, -0.1) is 0 Å². The molecule has 3 heteroatoms. The molecule has 1 unspecified atom stereocenters. The summed E-state index contributed by atoms with van der Waals surface area (Å²) in [6.45, 7) is 2.63. The standard InChI is InChI=1S/C14H17N3/c1-11-2-4-13(5-3-11)17-14(10-15)12-6-8-16-9-7-12/h2-9,14,17H,10,15H2,1H3. The molecule has 1 aromatic heterocycles. The average Bonchev–Trinajstić information content (AvgIpc) is 2.39. The zero-order valence-electron chi connectivity index (χ0n) is 9.93. The van der Waals surface area contributed by atoms with Gasteiger partial charge in [-0.1, -0.05) is 17.7 Å². The summed E-state index contributed by atoms with van der Waals surface area (Å²) in [5.41, 5.74) is 9.29. The van der Waals surface area contributed by atoms with Gasteiger partial charge in [0.05, 0.1) is 6.04 Å². The fourth-order valence-corrected chi connectivity index (χ4v) is 1.73. The van der Waals surface area contributed by atoms with Crippen LogP contribution < -0.4 is 11.1 Å². The van der Waals surface area contributed by atoms with Gasteiger partial charge in [0.1, 0.15) is 0 Å². The maximum atomic E-state index is 5.80. The van der Waals surface area contributed by atoms with Crippen LogP contribution in [0.5, 0.6) is 0 Å². The van der Waals surface area contributed by atoms with E-state index in [9.17, 15) is 0 Å². The molecule has 0 fully saturated rings. The van der Waals surface area contributed by atoms with E-state index in [1.54, 1.807) is 12.4 Å². The average molecular weight is 227 g/mol. The number of aromatic nitrogens is 1. The lowest BCUT2D eigenvalue weighted by Crippen LogP contribution is -2.20. The Bertz CT molecular complexity index is 451. The van der Waals surface area contributed by atoms with Crippen molar-refractivity contribution in [3.05, 3.63) is 59.9 Å².